The van der Waals surface area contributed by atoms with Crippen molar-refractivity contribution in [2.75, 3.05) is 6.54 Å². The van der Waals surface area contributed by atoms with Crippen LogP contribution < -0.4 is 5.32 Å². The van der Waals surface area contributed by atoms with Crippen molar-refractivity contribution in [2.45, 2.75) is 20.0 Å². The number of hydrogen-bond acceptors (Lipinski definition) is 3. The third kappa shape index (κ3) is 3.48. The van der Waals surface area contributed by atoms with Crippen molar-refractivity contribution in [2.24, 2.45) is 5.92 Å². The van der Waals surface area contributed by atoms with E-state index in [1.54, 1.807) is 0 Å². The number of nitrogens with one attached hydrogen (secondary N) is 1. The Balaban J connectivity index is 2.67. The topological polar surface area (TPSA) is 42.0 Å². The van der Waals surface area contributed by atoms with Crippen molar-refractivity contribution in [3.63, 3.8) is 0 Å². The molecule has 0 atom stereocenters. The second-order valence-corrected chi connectivity index (χ2v) is 4.50. The quantitative estimate of drug-likeness (QED) is 0.898. The van der Waals surface area contributed by atoms with Crippen molar-refractivity contribution < 1.29 is 18.0 Å². The molecule has 1 rings (SSSR count). The van der Waals surface area contributed by atoms with Crippen LogP contribution in [-0.2, 0) is 6.18 Å². The second kappa shape index (κ2) is 4.82. The van der Waals surface area contributed by atoms with Gasteiger partial charge in [-0.1, -0.05) is 13.8 Å². The molecule has 3 nitrogen and oxygen atoms in total. The molecule has 1 aromatic rings. The lowest BCUT2D eigenvalue weighted by Gasteiger charge is -2.05. The number of alkyl halides is 3. The standard InChI is InChI=1S/C9H11F3N2OS/c1-5(2)3-13-7(15)6-4-16-8(14-6)9(10,11)12/h4-5H,3H2,1-2H3,(H,13,15). The first-order valence-electron chi connectivity index (χ1n) is 4.61. The minimum atomic E-state index is -4.48. The summed E-state index contributed by atoms with van der Waals surface area (Å²) in [5.41, 5.74) is -0.182. The van der Waals surface area contributed by atoms with Crippen molar-refractivity contribution in [1.29, 1.82) is 0 Å². The second-order valence-electron chi connectivity index (χ2n) is 3.64. The number of carbonyl (C=O) groups is 1. The van der Waals surface area contributed by atoms with E-state index >= 15 is 0 Å². The number of aromatic nitrogens is 1. The molecule has 0 saturated heterocycles. The van der Waals surface area contributed by atoms with Crippen LogP contribution in [0.3, 0.4) is 0 Å². The molecular formula is C9H11F3N2OS. The zero-order chi connectivity index (χ0) is 12.3. The van der Waals surface area contributed by atoms with E-state index < -0.39 is 17.1 Å². The Morgan fingerprint density at radius 3 is 2.62 bits per heavy atom. The first-order chi connectivity index (χ1) is 7.30. The number of rotatable bonds is 3. The van der Waals surface area contributed by atoms with Crippen LogP contribution >= 0.6 is 11.3 Å². The van der Waals surface area contributed by atoms with Crippen molar-refractivity contribution >= 4 is 17.2 Å². The van der Waals surface area contributed by atoms with Crippen LogP contribution in [0.25, 0.3) is 0 Å². The third-order valence-electron chi connectivity index (χ3n) is 1.65. The van der Waals surface area contributed by atoms with Crippen LogP contribution in [0.1, 0.15) is 29.3 Å². The van der Waals surface area contributed by atoms with E-state index in [9.17, 15) is 18.0 Å². The molecular weight excluding hydrogens is 241 g/mol. The molecule has 1 heterocycles. The fraction of sp³-hybridized carbons (Fsp3) is 0.556. The Morgan fingerprint density at radius 2 is 2.19 bits per heavy atom. The van der Waals surface area contributed by atoms with E-state index in [-0.39, 0.29) is 11.6 Å². The Morgan fingerprint density at radius 1 is 1.56 bits per heavy atom. The maximum absolute atomic E-state index is 12.2. The molecule has 0 bridgehead atoms. The van der Waals surface area contributed by atoms with Crippen molar-refractivity contribution in [1.82, 2.24) is 10.3 Å². The number of amides is 1. The van der Waals surface area contributed by atoms with Gasteiger partial charge in [0.15, 0.2) is 5.01 Å². The molecule has 0 aliphatic rings. The summed E-state index contributed by atoms with van der Waals surface area (Å²) in [4.78, 5) is 14.6. The molecule has 0 fully saturated rings. The molecule has 1 amide bonds. The van der Waals surface area contributed by atoms with Crippen LogP contribution in [-0.4, -0.2) is 17.4 Å². The van der Waals surface area contributed by atoms with E-state index in [0.717, 1.165) is 5.38 Å². The van der Waals surface area contributed by atoms with E-state index in [1.165, 1.54) is 0 Å². The predicted octanol–water partition coefficient (Wildman–Crippen LogP) is 2.55. The molecule has 16 heavy (non-hydrogen) atoms. The summed E-state index contributed by atoms with van der Waals surface area (Å²) in [6, 6.07) is 0. The predicted molar refractivity (Wildman–Crippen MR) is 54.3 cm³/mol. The monoisotopic (exact) mass is 252 g/mol. The molecule has 90 valence electrons. The van der Waals surface area contributed by atoms with Crippen LogP contribution in [0.15, 0.2) is 5.38 Å². The molecule has 0 unspecified atom stereocenters. The Labute approximate surface area is 94.7 Å². The first-order valence-corrected chi connectivity index (χ1v) is 5.49. The highest BCUT2D eigenvalue weighted by Crippen LogP contribution is 2.31. The van der Waals surface area contributed by atoms with Gasteiger partial charge in [-0.2, -0.15) is 13.2 Å². The summed E-state index contributed by atoms with van der Waals surface area (Å²) in [5, 5.41) is 2.61. The average molecular weight is 252 g/mol. The van der Waals surface area contributed by atoms with Gasteiger partial charge < -0.3 is 5.32 Å². The van der Waals surface area contributed by atoms with E-state index in [4.69, 9.17) is 0 Å². The van der Waals surface area contributed by atoms with E-state index in [1.807, 2.05) is 13.8 Å². The van der Waals surface area contributed by atoms with Gasteiger partial charge in [0.1, 0.15) is 5.69 Å². The fourth-order valence-corrected chi connectivity index (χ4v) is 1.56. The highest BCUT2D eigenvalue weighted by atomic mass is 32.1. The minimum absolute atomic E-state index is 0.182. The zero-order valence-corrected chi connectivity index (χ0v) is 9.58. The van der Waals surface area contributed by atoms with Gasteiger partial charge in [0.25, 0.3) is 5.91 Å². The fourth-order valence-electron chi connectivity index (χ4n) is 0.896. The van der Waals surface area contributed by atoms with Crippen LogP contribution in [0.4, 0.5) is 13.2 Å². The molecule has 0 radical (unpaired) electrons. The SMILES string of the molecule is CC(C)CNC(=O)c1csc(C(F)(F)F)n1. The van der Waals surface area contributed by atoms with E-state index in [0.29, 0.717) is 17.9 Å². The van der Waals surface area contributed by atoms with Crippen molar-refractivity contribution in [3.05, 3.63) is 16.1 Å². The maximum Gasteiger partial charge on any atom is 0.443 e. The minimum Gasteiger partial charge on any atom is -0.350 e. The number of nitrogens with zero attached hydrogens (tertiary/aromatic N) is 1. The van der Waals surface area contributed by atoms with Gasteiger partial charge >= 0.3 is 6.18 Å². The number of halogens is 3. The summed E-state index contributed by atoms with van der Waals surface area (Å²) in [5.74, 6) is -0.329. The van der Waals surface area contributed by atoms with Crippen LogP contribution in [0.5, 0.6) is 0 Å². The lowest BCUT2D eigenvalue weighted by molar-refractivity contribution is -0.137. The molecule has 0 spiro atoms. The summed E-state index contributed by atoms with van der Waals surface area (Å²) in [6.45, 7) is 4.20. The highest BCUT2D eigenvalue weighted by molar-refractivity contribution is 7.09. The molecule has 1 aromatic heterocycles. The summed E-state index contributed by atoms with van der Waals surface area (Å²) < 4.78 is 36.6. The lowest BCUT2D eigenvalue weighted by Crippen LogP contribution is -2.27. The third-order valence-corrected chi connectivity index (χ3v) is 2.54. The lowest BCUT2D eigenvalue weighted by atomic mass is 10.2. The van der Waals surface area contributed by atoms with Crippen LogP contribution in [0.2, 0.25) is 0 Å². The zero-order valence-electron chi connectivity index (χ0n) is 8.76. The molecule has 7 heteroatoms. The number of carbonyl (C=O) groups excluding carboxylic acids is 1. The molecule has 0 aromatic carbocycles. The Bertz CT molecular complexity index is 373. The summed E-state index contributed by atoms with van der Waals surface area (Å²) >= 11 is 0.422. The van der Waals surface area contributed by atoms with Crippen LogP contribution in [0, 0.1) is 5.92 Å². The van der Waals surface area contributed by atoms with Crippen molar-refractivity contribution in [3.8, 4) is 0 Å². The summed E-state index contributed by atoms with van der Waals surface area (Å²) in [6.07, 6.45) is -4.48. The van der Waals surface area contributed by atoms with Gasteiger partial charge in [-0.05, 0) is 5.92 Å². The number of thiazole rings is 1. The van der Waals surface area contributed by atoms with Gasteiger partial charge in [-0.25, -0.2) is 4.98 Å². The summed E-state index contributed by atoms with van der Waals surface area (Å²) in [7, 11) is 0. The average Bonchev–Trinajstić information content (AvgIpc) is 2.61. The highest BCUT2D eigenvalue weighted by Gasteiger charge is 2.35. The normalized spacial score (nSPS) is 11.9. The smallest absolute Gasteiger partial charge is 0.350 e. The first kappa shape index (κ1) is 13.0. The molecule has 1 N–H and O–H groups in total. The number of hydrogen-bond donors (Lipinski definition) is 1. The molecule has 0 aliphatic heterocycles. The largest absolute Gasteiger partial charge is 0.443 e. The Kier molecular flexibility index (Phi) is 3.90. The molecule has 0 saturated carbocycles. The van der Waals surface area contributed by atoms with Gasteiger partial charge in [0.2, 0.25) is 0 Å². The Hall–Kier alpha value is -1.11. The van der Waals surface area contributed by atoms with Gasteiger partial charge in [0.05, 0.1) is 0 Å². The van der Waals surface area contributed by atoms with Gasteiger partial charge in [-0.3, -0.25) is 4.79 Å². The van der Waals surface area contributed by atoms with E-state index in [2.05, 4.69) is 10.3 Å². The maximum atomic E-state index is 12.2. The van der Waals surface area contributed by atoms with Gasteiger partial charge in [0, 0.05) is 11.9 Å². The molecule has 0 aliphatic carbocycles. The van der Waals surface area contributed by atoms with Gasteiger partial charge in [-0.15, -0.1) is 11.3 Å².